The zero-order valence-corrected chi connectivity index (χ0v) is 16.4. The highest BCUT2D eigenvalue weighted by Crippen LogP contribution is 2.20. The van der Waals surface area contributed by atoms with Crippen molar-refractivity contribution in [2.24, 2.45) is 0 Å². The van der Waals surface area contributed by atoms with Gasteiger partial charge in [-0.1, -0.05) is 25.1 Å². The maximum Gasteiger partial charge on any atom is 0.261 e. The second-order valence-electron chi connectivity index (χ2n) is 6.13. The standard InChI is InChI=1S/C22H29NO4/c1-4-20(27-19-14-12-18(25-3)13-15-19)22(24)23-16-8-10-17-9-6-7-11-21(17)26-5-2/h6-7,9,11-15,20H,4-5,8,10,16H2,1-3H3,(H,23,24)/t20-/m0/s1. The van der Waals surface area contributed by atoms with Crippen LogP contribution in [0.4, 0.5) is 0 Å². The molecule has 2 aromatic rings. The molecule has 5 nitrogen and oxygen atoms in total. The molecule has 0 saturated heterocycles. The molecule has 0 aromatic heterocycles. The van der Waals surface area contributed by atoms with Crippen molar-refractivity contribution in [2.45, 2.75) is 39.2 Å². The van der Waals surface area contributed by atoms with E-state index in [4.69, 9.17) is 14.2 Å². The Kier molecular flexibility index (Phi) is 8.49. The van der Waals surface area contributed by atoms with Crippen LogP contribution >= 0.6 is 0 Å². The molecule has 0 aliphatic carbocycles. The Morgan fingerprint density at radius 2 is 1.74 bits per heavy atom. The Balaban J connectivity index is 1.79. The maximum atomic E-state index is 12.4. The smallest absolute Gasteiger partial charge is 0.261 e. The lowest BCUT2D eigenvalue weighted by atomic mass is 10.1. The Hall–Kier alpha value is -2.69. The Morgan fingerprint density at radius 1 is 1.04 bits per heavy atom. The number of para-hydroxylation sites is 1. The number of methoxy groups -OCH3 is 1. The summed E-state index contributed by atoms with van der Waals surface area (Å²) in [6.07, 6.45) is 1.79. The quantitative estimate of drug-likeness (QED) is 0.607. The van der Waals surface area contributed by atoms with Crippen LogP contribution in [0.15, 0.2) is 48.5 Å². The van der Waals surface area contributed by atoms with Crippen molar-refractivity contribution in [1.29, 1.82) is 0 Å². The summed E-state index contributed by atoms with van der Waals surface area (Å²) in [7, 11) is 1.62. The van der Waals surface area contributed by atoms with Gasteiger partial charge < -0.3 is 19.5 Å². The molecule has 0 heterocycles. The number of hydrogen-bond donors (Lipinski definition) is 1. The molecular weight excluding hydrogens is 342 g/mol. The van der Waals surface area contributed by atoms with Gasteiger partial charge in [-0.05, 0) is 62.1 Å². The third kappa shape index (κ3) is 6.51. The number of amides is 1. The fourth-order valence-electron chi connectivity index (χ4n) is 2.75. The fraction of sp³-hybridized carbons (Fsp3) is 0.409. The Morgan fingerprint density at radius 3 is 2.41 bits per heavy atom. The van der Waals surface area contributed by atoms with Crippen LogP contribution in [0.3, 0.4) is 0 Å². The molecule has 5 heteroatoms. The normalized spacial score (nSPS) is 11.5. The van der Waals surface area contributed by atoms with Crippen LogP contribution in [0.5, 0.6) is 17.2 Å². The van der Waals surface area contributed by atoms with Crippen LogP contribution in [-0.2, 0) is 11.2 Å². The minimum atomic E-state index is -0.505. The molecule has 0 saturated carbocycles. The van der Waals surface area contributed by atoms with Crippen molar-refractivity contribution in [1.82, 2.24) is 5.32 Å². The van der Waals surface area contributed by atoms with Gasteiger partial charge in [0.1, 0.15) is 17.2 Å². The number of nitrogens with one attached hydrogen (secondary N) is 1. The lowest BCUT2D eigenvalue weighted by molar-refractivity contribution is -0.128. The van der Waals surface area contributed by atoms with E-state index in [1.54, 1.807) is 19.2 Å². The van der Waals surface area contributed by atoms with Gasteiger partial charge in [-0.15, -0.1) is 0 Å². The summed E-state index contributed by atoms with van der Waals surface area (Å²) in [5.41, 5.74) is 1.16. The average molecular weight is 371 g/mol. The molecule has 0 spiro atoms. The van der Waals surface area contributed by atoms with Crippen molar-refractivity contribution in [3.8, 4) is 17.2 Å². The minimum Gasteiger partial charge on any atom is -0.497 e. The molecule has 0 radical (unpaired) electrons. The topological polar surface area (TPSA) is 56.8 Å². The van der Waals surface area contributed by atoms with Crippen molar-refractivity contribution in [3.63, 3.8) is 0 Å². The molecule has 146 valence electrons. The van der Waals surface area contributed by atoms with Gasteiger partial charge >= 0.3 is 0 Å². The first-order chi connectivity index (χ1) is 13.2. The lowest BCUT2D eigenvalue weighted by Gasteiger charge is -2.17. The summed E-state index contributed by atoms with van der Waals surface area (Å²) < 4.78 is 16.6. The summed E-state index contributed by atoms with van der Waals surface area (Å²) in [6, 6.07) is 15.3. The first-order valence-corrected chi connectivity index (χ1v) is 9.47. The van der Waals surface area contributed by atoms with Gasteiger partial charge in [-0.2, -0.15) is 0 Å². The highest BCUT2D eigenvalue weighted by Gasteiger charge is 2.17. The maximum absolute atomic E-state index is 12.4. The van der Waals surface area contributed by atoms with Crippen molar-refractivity contribution < 1.29 is 19.0 Å². The first-order valence-electron chi connectivity index (χ1n) is 9.47. The van der Waals surface area contributed by atoms with E-state index in [0.717, 1.165) is 29.9 Å². The van der Waals surface area contributed by atoms with E-state index >= 15 is 0 Å². The largest absolute Gasteiger partial charge is 0.497 e. The van der Waals surface area contributed by atoms with Gasteiger partial charge in [0.25, 0.3) is 5.91 Å². The number of benzene rings is 2. The fourth-order valence-corrected chi connectivity index (χ4v) is 2.75. The van der Waals surface area contributed by atoms with E-state index < -0.39 is 6.10 Å². The van der Waals surface area contributed by atoms with Crippen LogP contribution in [0, 0.1) is 0 Å². The highest BCUT2D eigenvalue weighted by atomic mass is 16.5. The second-order valence-corrected chi connectivity index (χ2v) is 6.13. The van der Waals surface area contributed by atoms with E-state index in [1.165, 1.54) is 0 Å². The molecule has 0 bridgehead atoms. The van der Waals surface area contributed by atoms with E-state index in [9.17, 15) is 4.79 Å². The van der Waals surface area contributed by atoms with Gasteiger partial charge in [0.05, 0.1) is 13.7 Å². The van der Waals surface area contributed by atoms with Crippen molar-refractivity contribution in [3.05, 3.63) is 54.1 Å². The number of rotatable bonds is 11. The van der Waals surface area contributed by atoms with E-state index in [0.29, 0.717) is 25.3 Å². The van der Waals surface area contributed by atoms with Gasteiger partial charge in [-0.25, -0.2) is 0 Å². The van der Waals surface area contributed by atoms with Crippen LogP contribution in [0.25, 0.3) is 0 Å². The zero-order valence-electron chi connectivity index (χ0n) is 16.4. The minimum absolute atomic E-state index is 0.0913. The molecule has 0 aliphatic rings. The van der Waals surface area contributed by atoms with Crippen molar-refractivity contribution >= 4 is 5.91 Å². The molecule has 27 heavy (non-hydrogen) atoms. The first kappa shape index (κ1) is 20.6. The van der Waals surface area contributed by atoms with Gasteiger partial charge in [0.2, 0.25) is 0 Å². The molecule has 1 amide bonds. The van der Waals surface area contributed by atoms with Crippen LogP contribution < -0.4 is 19.5 Å². The predicted molar refractivity (Wildman–Crippen MR) is 107 cm³/mol. The zero-order chi connectivity index (χ0) is 19.5. The number of aryl methyl sites for hydroxylation is 1. The Labute approximate surface area is 161 Å². The predicted octanol–water partition coefficient (Wildman–Crippen LogP) is 4.00. The number of ether oxygens (including phenoxy) is 3. The number of carbonyl (C=O) groups excluding carboxylic acids is 1. The van der Waals surface area contributed by atoms with Crippen LogP contribution in [0.1, 0.15) is 32.3 Å². The lowest BCUT2D eigenvalue weighted by Crippen LogP contribution is -2.38. The van der Waals surface area contributed by atoms with Crippen LogP contribution in [0.2, 0.25) is 0 Å². The highest BCUT2D eigenvalue weighted by molar-refractivity contribution is 5.81. The molecule has 2 rings (SSSR count). The van der Waals surface area contributed by atoms with Gasteiger partial charge in [0, 0.05) is 6.54 Å². The third-order valence-corrected chi connectivity index (χ3v) is 4.20. The molecule has 1 atom stereocenters. The molecule has 0 unspecified atom stereocenters. The average Bonchev–Trinajstić information content (AvgIpc) is 2.71. The number of carbonyl (C=O) groups is 1. The molecule has 0 fully saturated rings. The molecule has 1 N–H and O–H groups in total. The van der Waals surface area contributed by atoms with E-state index in [2.05, 4.69) is 11.4 Å². The summed E-state index contributed by atoms with van der Waals surface area (Å²) in [5, 5.41) is 2.97. The second kappa shape index (κ2) is 11.1. The number of hydrogen-bond acceptors (Lipinski definition) is 4. The molecule has 2 aromatic carbocycles. The summed E-state index contributed by atoms with van der Waals surface area (Å²) in [6.45, 7) is 5.16. The van der Waals surface area contributed by atoms with Gasteiger partial charge in [-0.3, -0.25) is 4.79 Å². The third-order valence-electron chi connectivity index (χ3n) is 4.20. The van der Waals surface area contributed by atoms with Crippen LogP contribution in [-0.4, -0.2) is 32.3 Å². The SMILES string of the molecule is CCOc1ccccc1CCCNC(=O)[C@H](CC)Oc1ccc(OC)cc1. The summed E-state index contributed by atoms with van der Waals surface area (Å²) >= 11 is 0. The molecule has 0 aliphatic heterocycles. The van der Waals surface area contributed by atoms with Gasteiger partial charge in [0.15, 0.2) is 6.10 Å². The Bertz CT molecular complexity index is 700. The van der Waals surface area contributed by atoms with Crippen molar-refractivity contribution in [2.75, 3.05) is 20.3 Å². The summed E-state index contributed by atoms with van der Waals surface area (Å²) in [4.78, 5) is 12.4. The van der Waals surface area contributed by atoms with E-state index in [-0.39, 0.29) is 5.91 Å². The summed E-state index contributed by atoms with van der Waals surface area (Å²) in [5.74, 6) is 2.24. The monoisotopic (exact) mass is 371 g/mol. The van der Waals surface area contributed by atoms with E-state index in [1.807, 2.05) is 44.2 Å². The molecular formula is C22H29NO4.